The number of nitrogens with zero attached hydrogens (tertiary/aromatic N) is 1. The van der Waals surface area contributed by atoms with Gasteiger partial charge in [0.1, 0.15) is 6.10 Å². The van der Waals surface area contributed by atoms with Gasteiger partial charge in [-0.3, -0.25) is 4.90 Å². The highest BCUT2D eigenvalue weighted by Gasteiger charge is 2.40. The highest BCUT2D eigenvalue weighted by Crippen LogP contribution is 2.37. The molecule has 0 bridgehead atoms. The lowest BCUT2D eigenvalue weighted by molar-refractivity contribution is -0.137. The van der Waals surface area contributed by atoms with Crippen LogP contribution in [-0.4, -0.2) is 17.0 Å². The molecule has 0 spiro atoms. The molecule has 154 valence electrons. The number of cyclic esters (lactones) is 1. The van der Waals surface area contributed by atoms with Crippen molar-refractivity contribution >= 4 is 6.09 Å². The molecular weight excluding hydrogens is 391 g/mol. The summed E-state index contributed by atoms with van der Waals surface area (Å²) in [6, 6.07) is 21.9. The predicted octanol–water partition coefficient (Wildman–Crippen LogP) is 6.45. The van der Waals surface area contributed by atoms with E-state index in [0.717, 1.165) is 23.3 Å². The second kappa shape index (κ2) is 7.86. The van der Waals surface area contributed by atoms with E-state index < -0.39 is 23.9 Å². The molecule has 3 aromatic carbocycles. The second-order valence-corrected chi connectivity index (χ2v) is 7.32. The van der Waals surface area contributed by atoms with Crippen LogP contribution in [0.3, 0.4) is 0 Å². The quantitative estimate of drug-likeness (QED) is 0.493. The molecule has 4 rings (SSSR count). The molecule has 1 aliphatic rings. The minimum atomic E-state index is -4.46. The van der Waals surface area contributed by atoms with Crippen molar-refractivity contribution in [2.24, 2.45) is 0 Å². The van der Waals surface area contributed by atoms with Gasteiger partial charge in [-0.05, 0) is 41.3 Å². The third-order valence-electron chi connectivity index (χ3n) is 5.38. The van der Waals surface area contributed by atoms with E-state index in [4.69, 9.17) is 4.74 Å². The minimum Gasteiger partial charge on any atom is -0.439 e. The van der Waals surface area contributed by atoms with Gasteiger partial charge in [-0.1, -0.05) is 66.7 Å². The first kappa shape index (κ1) is 20.0. The highest BCUT2D eigenvalue weighted by atomic mass is 19.4. The molecule has 1 aliphatic heterocycles. The first-order valence-corrected chi connectivity index (χ1v) is 9.62. The number of alkyl halides is 3. The van der Waals surface area contributed by atoms with E-state index in [1.165, 1.54) is 11.0 Å². The van der Waals surface area contributed by atoms with Crippen molar-refractivity contribution in [2.75, 3.05) is 0 Å². The molecule has 0 N–H and O–H groups in total. The van der Waals surface area contributed by atoms with E-state index >= 15 is 0 Å². The zero-order valence-corrected chi connectivity index (χ0v) is 16.3. The molecule has 1 fully saturated rings. The molecule has 0 aromatic heterocycles. The van der Waals surface area contributed by atoms with Crippen LogP contribution in [0.2, 0.25) is 0 Å². The summed E-state index contributed by atoms with van der Waals surface area (Å²) in [4.78, 5) is 14.1. The summed E-state index contributed by atoms with van der Waals surface area (Å²) < 4.78 is 45.6. The molecule has 0 aliphatic carbocycles. The monoisotopic (exact) mass is 411 g/mol. The summed E-state index contributed by atoms with van der Waals surface area (Å²) in [6.45, 7) is 1.87. The van der Waals surface area contributed by atoms with Crippen LogP contribution in [-0.2, 0) is 17.5 Å². The molecule has 1 amide bonds. The Morgan fingerprint density at radius 2 is 1.57 bits per heavy atom. The lowest BCUT2D eigenvalue weighted by Crippen LogP contribution is -2.31. The van der Waals surface area contributed by atoms with Crippen molar-refractivity contribution in [3.05, 3.63) is 95.6 Å². The van der Waals surface area contributed by atoms with Crippen LogP contribution in [0.25, 0.3) is 11.1 Å². The molecule has 2 atom stereocenters. The van der Waals surface area contributed by atoms with Gasteiger partial charge >= 0.3 is 12.3 Å². The summed E-state index contributed by atoms with van der Waals surface area (Å²) in [5.74, 6) is 0. The number of hydrogen-bond acceptors (Lipinski definition) is 2. The zero-order chi connectivity index (χ0) is 21.3. The smallest absolute Gasteiger partial charge is 0.416 e. The molecule has 0 saturated carbocycles. The average molecular weight is 411 g/mol. The summed E-state index contributed by atoms with van der Waals surface area (Å²) >= 11 is 0. The van der Waals surface area contributed by atoms with Crippen LogP contribution in [0.1, 0.15) is 29.7 Å². The summed E-state index contributed by atoms with van der Waals surface area (Å²) in [5.41, 5.74) is 1.99. The first-order valence-electron chi connectivity index (χ1n) is 9.62. The normalized spacial score (nSPS) is 19.1. The van der Waals surface area contributed by atoms with Gasteiger partial charge in [0.2, 0.25) is 0 Å². The van der Waals surface area contributed by atoms with Crippen molar-refractivity contribution < 1.29 is 22.7 Å². The van der Waals surface area contributed by atoms with Crippen LogP contribution >= 0.6 is 0 Å². The molecule has 0 radical (unpaired) electrons. The van der Waals surface area contributed by atoms with E-state index in [1.54, 1.807) is 0 Å². The Morgan fingerprint density at radius 1 is 0.933 bits per heavy atom. The van der Waals surface area contributed by atoms with E-state index in [9.17, 15) is 18.0 Å². The lowest BCUT2D eigenvalue weighted by atomic mass is 9.96. The van der Waals surface area contributed by atoms with Gasteiger partial charge in [0.15, 0.2) is 0 Å². The number of carbonyl (C=O) groups excluding carboxylic acids is 1. The van der Waals surface area contributed by atoms with Crippen molar-refractivity contribution in [1.29, 1.82) is 0 Å². The fraction of sp³-hybridized carbons (Fsp3) is 0.208. The largest absolute Gasteiger partial charge is 0.439 e. The molecule has 3 aromatic rings. The maximum absolute atomic E-state index is 13.3. The summed E-state index contributed by atoms with van der Waals surface area (Å²) in [6.07, 6.45) is -5.47. The molecule has 1 heterocycles. The Kier molecular flexibility index (Phi) is 5.24. The third-order valence-corrected chi connectivity index (χ3v) is 5.38. The van der Waals surface area contributed by atoms with Gasteiger partial charge < -0.3 is 4.74 Å². The van der Waals surface area contributed by atoms with Crippen LogP contribution in [0, 0.1) is 0 Å². The molecule has 3 nitrogen and oxygen atoms in total. The topological polar surface area (TPSA) is 29.5 Å². The van der Waals surface area contributed by atoms with Gasteiger partial charge in [0, 0.05) is 0 Å². The standard InChI is InChI=1S/C24H20F3NO2/c1-16-22(18-10-6-3-7-11-18)30-23(29)28(16)15-19-14-20(24(25,26)27)12-13-21(19)17-8-4-2-5-9-17/h2-14,16,22H,15H2,1H3/t16-,22-/m0/s1. The maximum Gasteiger partial charge on any atom is 0.416 e. The summed E-state index contributed by atoms with van der Waals surface area (Å²) in [7, 11) is 0. The van der Waals surface area contributed by atoms with Gasteiger partial charge in [0.05, 0.1) is 18.2 Å². The maximum atomic E-state index is 13.3. The second-order valence-electron chi connectivity index (χ2n) is 7.32. The van der Waals surface area contributed by atoms with Gasteiger partial charge in [0.25, 0.3) is 0 Å². The van der Waals surface area contributed by atoms with E-state index in [2.05, 4.69) is 0 Å². The number of rotatable bonds is 4. The van der Waals surface area contributed by atoms with Crippen LogP contribution < -0.4 is 0 Å². The van der Waals surface area contributed by atoms with Crippen LogP contribution in [0.5, 0.6) is 0 Å². The molecule has 6 heteroatoms. The van der Waals surface area contributed by atoms with Crippen molar-refractivity contribution in [2.45, 2.75) is 31.8 Å². The Hall–Kier alpha value is -3.28. The Bertz CT molecular complexity index is 1040. The van der Waals surface area contributed by atoms with Crippen LogP contribution in [0.4, 0.5) is 18.0 Å². The van der Waals surface area contributed by atoms with E-state index in [1.807, 2.05) is 67.6 Å². The average Bonchev–Trinajstić information content (AvgIpc) is 3.02. The van der Waals surface area contributed by atoms with Crippen molar-refractivity contribution in [3.63, 3.8) is 0 Å². The number of amides is 1. The molecule has 1 saturated heterocycles. The minimum absolute atomic E-state index is 0.0253. The Labute approximate surface area is 172 Å². The fourth-order valence-electron chi connectivity index (χ4n) is 3.79. The molecule has 0 unspecified atom stereocenters. The number of ether oxygens (including phenoxy) is 1. The SMILES string of the molecule is C[C@H]1[C@@H](c2ccccc2)OC(=O)N1Cc1cc(C(F)(F)F)ccc1-c1ccccc1. The lowest BCUT2D eigenvalue weighted by Gasteiger charge is -2.23. The molecule has 30 heavy (non-hydrogen) atoms. The van der Waals surface area contributed by atoms with E-state index in [-0.39, 0.29) is 12.6 Å². The van der Waals surface area contributed by atoms with Gasteiger partial charge in [-0.25, -0.2) is 4.79 Å². The highest BCUT2D eigenvalue weighted by molar-refractivity contribution is 5.73. The van der Waals surface area contributed by atoms with Gasteiger partial charge in [-0.15, -0.1) is 0 Å². The number of hydrogen-bond donors (Lipinski definition) is 0. The Morgan fingerprint density at radius 3 is 2.20 bits per heavy atom. The third kappa shape index (κ3) is 3.90. The fourth-order valence-corrected chi connectivity index (χ4v) is 3.79. The predicted molar refractivity (Wildman–Crippen MR) is 108 cm³/mol. The number of carbonyl (C=O) groups is 1. The summed E-state index contributed by atoms with van der Waals surface area (Å²) in [5, 5.41) is 0. The number of halogens is 3. The zero-order valence-electron chi connectivity index (χ0n) is 16.3. The number of benzene rings is 3. The van der Waals surface area contributed by atoms with Crippen LogP contribution in [0.15, 0.2) is 78.9 Å². The van der Waals surface area contributed by atoms with Crippen molar-refractivity contribution in [3.8, 4) is 11.1 Å². The molecular formula is C24H20F3NO2. The van der Waals surface area contributed by atoms with E-state index in [0.29, 0.717) is 11.1 Å². The van der Waals surface area contributed by atoms with Gasteiger partial charge in [-0.2, -0.15) is 13.2 Å². The first-order chi connectivity index (χ1) is 14.3. The Balaban J connectivity index is 1.70. The van der Waals surface area contributed by atoms with Crippen molar-refractivity contribution in [1.82, 2.24) is 4.90 Å².